The maximum atomic E-state index is 11.2. The first-order valence-electron chi connectivity index (χ1n) is 5.58. The summed E-state index contributed by atoms with van der Waals surface area (Å²) in [5, 5.41) is 18.2. The van der Waals surface area contributed by atoms with E-state index in [1.165, 1.54) is 12.3 Å². The number of nitrogens with zero attached hydrogens (tertiary/aromatic N) is 2. The van der Waals surface area contributed by atoms with E-state index >= 15 is 0 Å². The maximum absolute atomic E-state index is 11.2. The summed E-state index contributed by atoms with van der Waals surface area (Å²) >= 11 is 0. The molecule has 1 aromatic heterocycles. The first kappa shape index (κ1) is 12.6. The van der Waals surface area contributed by atoms with Crippen LogP contribution in [0.15, 0.2) is 12.3 Å². The van der Waals surface area contributed by atoms with Crippen molar-refractivity contribution in [3.05, 3.63) is 17.8 Å². The number of nitrogens with two attached hydrogens (primary N) is 1. The van der Waals surface area contributed by atoms with E-state index in [4.69, 9.17) is 20.7 Å². The van der Waals surface area contributed by atoms with Gasteiger partial charge in [-0.25, -0.2) is 9.78 Å². The molecule has 1 unspecified atom stereocenters. The van der Waals surface area contributed by atoms with Gasteiger partial charge in [0.2, 0.25) is 0 Å². The molecule has 7 nitrogen and oxygen atoms in total. The Balaban J connectivity index is 2.29. The fourth-order valence-corrected chi connectivity index (χ4v) is 1.91. The Morgan fingerprint density at radius 1 is 1.67 bits per heavy atom. The highest BCUT2D eigenvalue weighted by molar-refractivity contribution is 5.94. The second-order valence-corrected chi connectivity index (χ2v) is 4.07. The zero-order chi connectivity index (χ0) is 13.1. The number of morpholine rings is 1. The van der Waals surface area contributed by atoms with Gasteiger partial charge in [-0.1, -0.05) is 0 Å². The summed E-state index contributed by atoms with van der Waals surface area (Å²) in [6.45, 7) is 1.27. The van der Waals surface area contributed by atoms with E-state index in [1.54, 1.807) is 4.90 Å². The van der Waals surface area contributed by atoms with Crippen molar-refractivity contribution in [1.29, 1.82) is 0 Å². The van der Waals surface area contributed by atoms with Gasteiger partial charge in [0.1, 0.15) is 11.4 Å². The van der Waals surface area contributed by atoms with Gasteiger partial charge in [0.25, 0.3) is 0 Å². The van der Waals surface area contributed by atoms with Crippen molar-refractivity contribution in [3.8, 4) is 0 Å². The van der Waals surface area contributed by atoms with Gasteiger partial charge in [0.05, 0.1) is 31.2 Å². The van der Waals surface area contributed by atoms with E-state index in [0.29, 0.717) is 31.2 Å². The third-order valence-electron chi connectivity index (χ3n) is 2.76. The SMILES string of the molecule is Nc1cnc(N2CCOC(CO)C2)c(C(=O)O)c1. The van der Waals surface area contributed by atoms with Crippen LogP contribution in [0.1, 0.15) is 10.4 Å². The highest BCUT2D eigenvalue weighted by Gasteiger charge is 2.24. The lowest BCUT2D eigenvalue weighted by Crippen LogP contribution is -2.45. The van der Waals surface area contributed by atoms with Gasteiger partial charge < -0.3 is 25.6 Å². The Kier molecular flexibility index (Phi) is 3.63. The summed E-state index contributed by atoms with van der Waals surface area (Å²) in [5.74, 6) is -0.713. The van der Waals surface area contributed by atoms with Crippen LogP contribution in [-0.4, -0.2) is 53.6 Å². The molecule has 4 N–H and O–H groups in total. The number of aromatic nitrogens is 1. The maximum Gasteiger partial charge on any atom is 0.339 e. The molecule has 0 aliphatic carbocycles. The summed E-state index contributed by atoms with van der Waals surface area (Å²) in [4.78, 5) is 17.0. The quantitative estimate of drug-likeness (QED) is 0.670. The minimum atomic E-state index is -1.07. The van der Waals surface area contributed by atoms with Gasteiger partial charge in [-0.05, 0) is 6.07 Å². The molecule has 0 amide bonds. The van der Waals surface area contributed by atoms with Gasteiger partial charge in [-0.15, -0.1) is 0 Å². The van der Waals surface area contributed by atoms with Crippen molar-refractivity contribution in [1.82, 2.24) is 4.98 Å². The molecule has 1 aromatic rings. The molecular formula is C11H15N3O4. The number of aliphatic hydroxyl groups is 1. The molecule has 2 rings (SSSR count). The van der Waals surface area contributed by atoms with E-state index in [1.807, 2.05) is 0 Å². The Morgan fingerprint density at radius 3 is 3.11 bits per heavy atom. The van der Waals surface area contributed by atoms with E-state index < -0.39 is 5.97 Å². The van der Waals surface area contributed by atoms with Gasteiger partial charge in [-0.2, -0.15) is 0 Å². The van der Waals surface area contributed by atoms with Crippen molar-refractivity contribution >= 4 is 17.5 Å². The summed E-state index contributed by atoms with van der Waals surface area (Å²) < 4.78 is 5.31. The standard InChI is InChI=1S/C11H15N3O4/c12-7-3-9(11(16)17)10(13-4-7)14-1-2-18-8(5-14)6-15/h3-4,8,15H,1-2,5-6,12H2,(H,16,17). The fourth-order valence-electron chi connectivity index (χ4n) is 1.91. The number of hydrogen-bond acceptors (Lipinski definition) is 6. The zero-order valence-corrected chi connectivity index (χ0v) is 9.74. The van der Waals surface area contributed by atoms with Crippen molar-refractivity contribution in [2.24, 2.45) is 0 Å². The highest BCUT2D eigenvalue weighted by Crippen LogP contribution is 2.22. The molecule has 2 heterocycles. The van der Waals surface area contributed by atoms with Crippen LogP contribution in [0.5, 0.6) is 0 Å². The first-order chi connectivity index (χ1) is 8.61. The van der Waals surface area contributed by atoms with Crippen molar-refractivity contribution < 1.29 is 19.7 Å². The van der Waals surface area contributed by atoms with E-state index in [9.17, 15) is 4.79 Å². The lowest BCUT2D eigenvalue weighted by atomic mass is 10.2. The number of nitrogen functional groups attached to an aromatic ring is 1. The van der Waals surface area contributed by atoms with Crippen LogP contribution in [-0.2, 0) is 4.74 Å². The average Bonchev–Trinajstić information content (AvgIpc) is 2.38. The van der Waals surface area contributed by atoms with Crippen LogP contribution in [0.3, 0.4) is 0 Å². The first-order valence-corrected chi connectivity index (χ1v) is 5.58. The number of aliphatic hydroxyl groups excluding tert-OH is 1. The monoisotopic (exact) mass is 253 g/mol. The van der Waals surface area contributed by atoms with Crippen LogP contribution >= 0.6 is 0 Å². The van der Waals surface area contributed by atoms with E-state index in [2.05, 4.69) is 4.98 Å². The lowest BCUT2D eigenvalue weighted by molar-refractivity contribution is 0.00328. The van der Waals surface area contributed by atoms with Crippen LogP contribution in [0.2, 0.25) is 0 Å². The molecule has 0 aromatic carbocycles. The Morgan fingerprint density at radius 2 is 2.44 bits per heavy atom. The molecule has 1 fully saturated rings. The molecule has 0 saturated carbocycles. The number of ether oxygens (including phenoxy) is 1. The molecule has 1 saturated heterocycles. The molecule has 0 radical (unpaired) electrons. The fraction of sp³-hybridized carbons (Fsp3) is 0.455. The lowest BCUT2D eigenvalue weighted by Gasteiger charge is -2.33. The summed E-state index contributed by atoms with van der Waals surface area (Å²) in [7, 11) is 0. The third kappa shape index (κ3) is 2.52. The number of pyridine rings is 1. The average molecular weight is 253 g/mol. The molecule has 0 spiro atoms. The van der Waals surface area contributed by atoms with Crippen molar-refractivity contribution in [2.45, 2.75) is 6.10 Å². The van der Waals surface area contributed by atoms with E-state index in [0.717, 1.165) is 0 Å². The highest BCUT2D eigenvalue weighted by atomic mass is 16.5. The minimum absolute atomic E-state index is 0.0635. The minimum Gasteiger partial charge on any atom is -0.478 e. The van der Waals surface area contributed by atoms with Crippen LogP contribution in [0, 0.1) is 0 Å². The number of aromatic carboxylic acids is 1. The molecule has 1 aliphatic heterocycles. The molecule has 18 heavy (non-hydrogen) atoms. The topological polar surface area (TPSA) is 109 Å². The van der Waals surface area contributed by atoms with Crippen molar-refractivity contribution in [2.75, 3.05) is 36.9 Å². The predicted molar refractivity (Wildman–Crippen MR) is 64.6 cm³/mol. The van der Waals surface area contributed by atoms with Crippen LogP contribution in [0.25, 0.3) is 0 Å². The number of carboxylic acids is 1. The predicted octanol–water partition coefficient (Wildman–Crippen LogP) is -0.441. The molecular weight excluding hydrogens is 238 g/mol. The van der Waals surface area contributed by atoms with Gasteiger partial charge in [0.15, 0.2) is 0 Å². The van der Waals surface area contributed by atoms with Gasteiger partial charge in [0, 0.05) is 13.1 Å². The third-order valence-corrected chi connectivity index (χ3v) is 2.76. The Bertz CT molecular complexity index is 452. The largest absolute Gasteiger partial charge is 0.478 e. The summed E-state index contributed by atoms with van der Waals surface area (Å²) in [6, 6.07) is 1.38. The zero-order valence-electron chi connectivity index (χ0n) is 9.74. The normalized spacial score (nSPS) is 19.8. The van der Waals surface area contributed by atoms with Crippen molar-refractivity contribution in [3.63, 3.8) is 0 Å². The van der Waals surface area contributed by atoms with E-state index in [-0.39, 0.29) is 18.3 Å². The second-order valence-electron chi connectivity index (χ2n) is 4.07. The number of hydrogen-bond donors (Lipinski definition) is 3. The molecule has 7 heteroatoms. The van der Waals surface area contributed by atoms with Gasteiger partial charge >= 0.3 is 5.97 Å². The molecule has 1 atom stereocenters. The van der Waals surface area contributed by atoms with Crippen LogP contribution < -0.4 is 10.6 Å². The second kappa shape index (κ2) is 5.19. The Labute approximate surface area is 104 Å². The number of carboxylic acid groups (broad SMARTS) is 1. The van der Waals surface area contributed by atoms with Gasteiger partial charge in [-0.3, -0.25) is 0 Å². The molecule has 0 bridgehead atoms. The van der Waals surface area contributed by atoms with Crippen LogP contribution in [0.4, 0.5) is 11.5 Å². The summed E-state index contributed by atoms with van der Waals surface area (Å²) in [5.41, 5.74) is 5.91. The number of anilines is 2. The number of carbonyl (C=O) groups is 1. The molecule has 98 valence electrons. The number of rotatable bonds is 3. The molecule has 1 aliphatic rings. The summed E-state index contributed by atoms with van der Waals surface area (Å²) in [6.07, 6.45) is 1.10. The Hall–Kier alpha value is -1.86. The smallest absolute Gasteiger partial charge is 0.339 e.